The third-order valence-corrected chi connectivity index (χ3v) is 6.16. The third-order valence-electron chi connectivity index (χ3n) is 5.93. The van der Waals surface area contributed by atoms with E-state index in [1.54, 1.807) is 0 Å². The lowest BCUT2D eigenvalue weighted by Gasteiger charge is -2.39. The summed E-state index contributed by atoms with van der Waals surface area (Å²) >= 11 is 6.10. The second-order valence-corrected chi connectivity index (χ2v) is 8.09. The predicted octanol–water partition coefficient (Wildman–Crippen LogP) is 4.99. The van der Waals surface area contributed by atoms with Crippen molar-refractivity contribution in [3.63, 3.8) is 0 Å². The number of carbonyl (C=O) groups is 1. The molecule has 1 saturated carbocycles. The highest BCUT2D eigenvalue weighted by atomic mass is 35.5. The number of benzene rings is 1. The summed E-state index contributed by atoms with van der Waals surface area (Å²) in [6.45, 7) is 5.73. The lowest BCUT2D eigenvalue weighted by Crippen LogP contribution is -2.50. The van der Waals surface area contributed by atoms with E-state index in [4.69, 9.17) is 11.6 Å². The third kappa shape index (κ3) is 4.91. The van der Waals surface area contributed by atoms with Gasteiger partial charge in [-0.2, -0.15) is 0 Å². The molecule has 0 unspecified atom stereocenters. The number of halogens is 1. The van der Waals surface area contributed by atoms with Gasteiger partial charge in [-0.15, -0.1) is 0 Å². The Balaban J connectivity index is 1.46. The SMILES string of the molecule is CCCCC1CCC(C(=O)N2CCN(c3cccc(Cl)c3)CC2)CC1. The van der Waals surface area contributed by atoms with Crippen LogP contribution in [-0.2, 0) is 4.79 Å². The van der Waals surface area contributed by atoms with Crippen LogP contribution in [0.3, 0.4) is 0 Å². The minimum absolute atomic E-state index is 0.274. The minimum Gasteiger partial charge on any atom is -0.368 e. The van der Waals surface area contributed by atoms with Crippen LogP contribution in [0.4, 0.5) is 5.69 Å². The predicted molar refractivity (Wildman–Crippen MR) is 105 cm³/mol. The second kappa shape index (κ2) is 8.93. The van der Waals surface area contributed by atoms with Gasteiger partial charge in [-0.25, -0.2) is 0 Å². The Kier molecular flexibility index (Phi) is 6.63. The zero-order valence-electron chi connectivity index (χ0n) is 15.4. The summed E-state index contributed by atoms with van der Waals surface area (Å²) in [5.74, 6) is 1.54. The van der Waals surface area contributed by atoms with Gasteiger partial charge in [0.1, 0.15) is 0 Å². The van der Waals surface area contributed by atoms with E-state index in [2.05, 4.69) is 22.8 Å². The van der Waals surface area contributed by atoms with Gasteiger partial charge >= 0.3 is 0 Å². The van der Waals surface area contributed by atoms with Crippen molar-refractivity contribution in [3.8, 4) is 0 Å². The van der Waals surface area contributed by atoms with E-state index < -0.39 is 0 Å². The lowest BCUT2D eigenvalue weighted by molar-refractivity contribution is -0.137. The highest BCUT2D eigenvalue weighted by molar-refractivity contribution is 6.30. The molecular formula is C21H31ClN2O. The number of hydrogen-bond donors (Lipinski definition) is 0. The first-order valence-electron chi connectivity index (χ1n) is 9.96. The summed E-state index contributed by atoms with van der Waals surface area (Å²) in [7, 11) is 0. The van der Waals surface area contributed by atoms with Crippen molar-refractivity contribution < 1.29 is 4.79 Å². The van der Waals surface area contributed by atoms with Gasteiger partial charge in [0.15, 0.2) is 0 Å². The van der Waals surface area contributed by atoms with Crippen LogP contribution >= 0.6 is 11.6 Å². The number of hydrogen-bond acceptors (Lipinski definition) is 2. The molecule has 2 aliphatic rings. The number of rotatable bonds is 5. The van der Waals surface area contributed by atoms with Crippen LogP contribution in [0.25, 0.3) is 0 Å². The van der Waals surface area contributed by atoms with E-state index >= 15 is 0 Å². The standard InChI is InChI=1S/C21H31ClN2O/c1-2-3-5-17-8-10-18(11-9-17)21(25)24-14-12-23(13-15-24)20-7-4-6-19(22)16-20/h4,6-7,16-18H,2-3,5,8-15H2,1H3. The largest absolute Gasteiger partial charge is 0.368 e. The molecule has 1 aromatic carbocycles. The molecule has 0 bridgehead atoms. The Morgan fingerprint density at radius 1 is 1.12 bits per heavy atom. The summed E-state index contributed by atoms with van der Waals surface area (Å²) in [4.78, 5) is 17.3. The number of unbranched alkanes of at least 4 members (excludes halogenated alkanes) is 1. The maximum absolute atomic E-state index is 12.9. The molecule has 1 aromatic rings. The quantitative estimate of drug-likeness (QED) is 0.737. The molecule has 1 saturated heterocycles. The van der Waals surface area contributed by atoms with E-state index in [-0.39, 0.29) is 5.92 Å². The summed E-state index contributed by atoms with van der Waals surface area (Å²) in [6, 6.07) is 8.01. The van der Waals surface area contributed by atoms with Crippen LogP contribution in [-0.4, -0.2) is 37.0 Å². The monoisotopic (exact) mass is 362 g/mol. The second-order valence-electron chi connectivity index (χ2n) is 7.65. The molecule has 1 amide bonds. The lowest BCUT2D eigenvalue weighted by atomic mass is 9.79. The van der Waals surface area contributed by atoms with Crippen molar-refractivity contribution in [2.75, 3.05) is 31.1 Å². The molecular weight excluding hydrogens is 332 g/mol. The summed E-state index contributed by atoms with van der Waals surface area (Å²) in [5.41, 5.74) is 1.16. The van der Waals surface area contributed by atoms with E-state index in [0.29, 0.717) is 5.91 Å². The number of piperazine rings is 1. The first-order valence-corrected chi connectivity index (χ1v) is 10.3. The van der Waals surface area contributed by atoms with Crippen LogP contribution in [0.2, 0.25) is 5.02 Å². The molecule has 1 heterocycles. The summed E-state index contributed by atoms with van der Waals surface area (Å²) in [5, 5.41) is 0.774. The fraction of sp³-hybridized carbons (Fsp3) is 0.667. The van der Waals surface area contributed by atoms with E-state index in [1.165, 1.54) is 32.1 Å². The van der Waals surface area contributed by atoms with Crippen LogP contribution in [0.15, 0.2) is 24.3 Å². The maximum Gasteiger partial charge on any atom is 0.225 e. The molecule has 0 atom stereocenters. The molecule has 0 radical (unpaired) electrons. The average molecular weight is 363 g/mol. The smallest absolute Gasteiger partial charge is 0.225 e. The Labute approximate surface area is 157 Å². The minimum atomic E-state index is 0.274. The molecule has 138 valence electrons. The molecule has 25 heavy (non-hydrogen) atoms. The van der Waals surface area contributed by atoms with Gasteiger partial charge in [-0.05, 0) is 49.8 Å². The van der Waals surface area contributed by atoms with Gasteiger partial charge in [0.05, 0.1) is 0 Å². The fourth-order valence-electron chi connectivity index (χ4n) is 4.31. The molecule has 3 rings (SSSR count). The maximum atomic E-state index is 12.9. The van der Waals surface area contributed by atoms with E-state index in [9.17, 15) is 4.79 Å². The molecule has 1 aliphatic carbocycles. The highest BCUT2D eigenvalue weighted by Crippen LogP contribution is 2.33. The number of carbonyl (C=O) groups excluding carboxylic acids is 1. The molecule has 0 N–H and O–H groups in total. The van der Waals surface area contributed by atoms with Crippen molar-refractivity contribution >= 4 is 23.2 Å². The van der Waals surface area contributed by atoms with Crippen LogP contribution in [0, 0.1) is 11.8 Å². The van der Waals surface area contributed by atoms with Gasteiger partial charge in [-0.1, -0.05) is 43.9 Å². The molecule has 3 nitrogen and oxygen atoms in total. The molecule has 0 aromatic heterocycles. The fourth-order valence-corrected chi connectivity index (χ4v) is 4.49. The Hall–Kier alpha value is -1.22. The van der Waals surface area contributed by atoms with Crippen LogP contribution in [0.5, 0.6) is 0 Å². The molecule has 2 fully saturated rings. The van der Waals surface area contributed by atoms with Crippen molar-refractivity contribution in [1.82, 2.24) is 4.90 Å². The van der Waals surface area contributed by atoms with Crippen molar-refractivity contribution in [3.05, 3.63) is 29.3 Å². The Morgan fingerprint density at radius 2 is 1.84 bits per heavy atom. The van der Waals surface area contributed by atoms with Crippen molar-refractivity contribution in [2.24, 2.45) is 11.8 Å². The van der Waals surface area contributed by atoms with E-state index in [1.807, 2.05) is 18.2 Å². The highest BCUT2D eigenvalue weighted by Gasteiger charge is 2.30. The average Bonchev–Trinajstić information content (AvgIpc) is 2.66. The van der Waals surface area contributed by atoms with Gasteiger partial charge in [0.2, 0.25) is 5.91 Å². The number of nitrogens with zero attached hydrogens (tertiary/aromatic N) is 2. The van der Waals surface area contributed by atoms with Gasteiger partial charge in [-0.3, -0.25) is 4.79 Å². The number of anilines is 1. The van der Waals surface area contributed by atoms with Crippen molar-refractivity contribution in [1.29, 1.82) is 0 Å². The first kappa shape index (κ1) is 18.6. The summed E-state index contributed by atoms with van der Waals surface area (Å²) < 4.78 is 0. The Morgan fingerprint density at radius 3 is 2.48 bits per heavy atom. The zero-order chi connectivity index (χ0) is 17.6. The topological polar surface area (TPSA) is 23.6 Å². The normalized spacial score (nSPS) is 24.4. The number of amides is 1. The van der Waals surface area contributed by atoms with Crippen molar-refractivity contribution in [2.45, 2.75) is 51.9 Å². The van der Waals surface area contributed by atoms with Gasteiger partial charge in [0, 0.05) is 42.8 Å². The van der Waals surface area contributed by atoms with E-state index in [0.717, 1.165) is 55.6 Å². The Bertz CT molecular complexity index is 561. The molecule has 0 spiro atoms. The molecule has 1 aliphatic heterocycles. The molecule has 4 heteroatoms. The van der Waals surface area contributed by atoms with Gasteiger partial charge < -0.3 is 9.80 Å². The van der Waals surface area contributed by atoms with Gasteiger partial charge in [0.25, 0.3) is 0 Å². The summed E-state index contributed by atoms with van der Waals surface area (Å²) in [6.07, 6.45) is 8.68. The van der Waals surface area contributed by atoms with Crippen LogP contribution < -0.4 is 4.90 Å². The zero-order valence-corrected chi connectivity index (χ0v) is 16.2. The van der Waals surface area contributed by atoms with Crippen LogP contribution in [0.1, 0.15) is 51.9 Å². The first-order chi connectivity index (χ1) is 12.2.